The summed E-state index contributed by atoms with van der Waals surface area (Å²) >= 11 is 3.50. The van der Waals surface area contributed by atoms with E-state index in [0.717, 1.165) is 41.5 Å². The number of hydrogen-bond donors (Lipinski definition) is 1. The van der Waals surface area contributed by atoms with E-state index in [-0.39, 0.29) is 0 Å². The highest BCUT2D eigenvalue weighted by Crippen LogP contribution is 2.40. The van der Waals surface area contributed by atoms with Gasteiger partial charge in [-0.15, -0.1) is 0 Å². The zero-order valence-corrected chi connectivity index (χ0v) is 14.3. The highest BCUT2D eigenvalue weighted by atomic mass is 79.9. The SMILES string of the molecule is COc1ccc(Br)cc1CC1(O)CCCC(C)(C)CC1. The zero-order valence-electron chi connectivity index (χ0n) is 12.7. The fourth-order valence-electron chi connectivity index (χ4n) is 3.13. The number of methoxy groups -OCH3 is 1. The van der Waals surface area contributed by atoms with Gasteiger partial charge in [0.05, 0.1) is 12.7 Å². The predicted octanol–water partition coefficient (Wildman–Crippen LogP) is 4.72. The standard InChI is InChI=1S/C17H25BrO2/c1-16(2)7-4-8-17(19,10-9-16)12-13-11-14(18)5-6-15(13)20-3/h5-6,11,19H,4,7-10,12H2,1-3H3. The van der Waals surface area contributed by atoms with Crippen molar-refractivity contribution in [2.45, 2.75) is 58.0 Å². The molecule has 1 N–H and O–H groups in total. The van der Waals surface area contributed by atoms with Crippen LogP contribution in [0.2, 0.25) is 0 Å². The number of rotatable bonds is 3. The van der Waals surface area contributed by atoms with Gasteiger partial charge in [0.2, 0.25) is 0 Å². The molecule has 0 spiro atoms. The van der Waals surface area contributed by atoms with E-state index in [0.29, 0.717) is 11.8 Å². The molecule has 2 rings (SSSR count). The Balaban J connectivity index is 2.18. The molecule has 0 aromatic heterocycles. The third-order valence-electron chi connectivity index (χ3n) is 4.52. The zero-order chi connectivity index (χ0) is 14.8. The van der Waals surface area contributed by atoms with Crippen molar-refractivity contribution in [3.63, 3.8) is 0 Å². The quantitative estimate of drug-likeness (QED) is 0.806. The normalized spacial score (nSPS) is 26.1. The molecule has 112 valence electrons. The minimum atomic E-state index is -0.595. The monoisotopic (exact) mass is 340 g/mol. The Bertz CT molecular complexity index is 470. The second kappa shape index (κ2) is 6.07. The summed E-state index contributed by atoms with van der Waals surface area (Å²) in [5.41, 5.74) is 0.845. The first kappa shape index (κ1) is 15.8. The Hall–Kier alpha value is -0.540. The molecular weight excluding hydrogens is 316 g/mol. The van der Waals surface area contributed by atoms with Crippen LogP contribution in [0.15, 0.2) is 22.7 Å². The van der Waals surface area contributed by atoms with Crippen LogP contribution < -0.4 is 4.74 Å². The van der Waals surface area contributed by atoms with Gasteiger partial charge in [-0.25, -0.2) is 0 Å². The van der Waals surface area contributed by atoms with E-state index < -0.39 is 5.60 Å². The Labute approximate surface area is 130 Å². The Morgan fingerprint density at radius 2 is 1.95 bits per heavy atom. The highest BCUT2D eigenvalue weighted by Gasteiger charge is 2.34. The van der Waals surface area contributed by atoms with Gasteiger partial charge in [0, 0.05) is 10.9 Å². The van der Waals surface area contributed by atoms with Gasteiger partial charge in [-0.05, 0) is 54.9 Å². The molecule has 3 heteroatoms. The average molecular weight is 341 g/mol. The van der Waals surface area contributed by atoms with Crippen LogP contribution in [0.4, 0.5) is 0 Å². The molecule has 0 heterocycles. The van der Waals surface area contributed by atoms with Gasteiger partial charge in [-0.3, -0.25) is 0 Å². The van der Waals surface area contributed by atoms with Crippen molar-refractivity contribution < 1.29 is 9.84 Å². The molecule has 0 bridgehead atoms. The number of benzene rings is 1. The molecule has 1 aliphatic rings. The summed E-state index contributed by atoms with van der Waals surface area (Å²) in [5.74, 6) is 0.866. The summed E-state index contributed by atoms with van der Waals surface area (Å²) in [6, 6.07) is 6.00. The first-order valence-corrected chi connectivity index (χ1v) is 8.18. The van der Waals surface area contributed by atoms with Crippen molar-refractivity contribution in [3.05, 3.63) is 28.2 Å². The Morgan fingerprint density at radius 3 is 2.65 bits per heavy atom. The molecule has 0 radical (unpaired) electrons. The summed E-state index contributed by atoms with van der Waals surface area (Å²) in [7, 11) is 1.69. The molecule has 1 atom stereocenters. The summed E-state index contributed by atoms with van der Waals surface area (Å²) in [6.07, 6.45) is 5.80. The molecule has 1 saturated carbocycles. The number of halogens is 1. The maximum atomic E-state index is 11.0. The summed E-state index contributed by atoms with van der Waals surface area (Å²) in [6.45, 7) is 4.61. The van der Waals surface area contributed by atoms with Gasteiger partial charge in [-0.1, -0.05) is 36.2 Å². The molecule has 2 nitrogen and oxygen atoms in total. The smallest absolute Gasteiger partial charge is 0.122 e. The van der Waals surface area contributed by atoms with Gasteiger partial charge in [0.25, 0.3) is 0 Å². The fourth-order valence-corrected chi connectivity index (χ4v) is 3.54. The van der Waals surface area contributed by atoms with E-state index in [4.69, 9.17) is 4.74 Å². The molecule has 0 saturated heterocycles. The van der Waals surface area contributed by atoms with Gasteiger partial charge < -0.3 is 9.84 Å². The first-order valence-electron chi connectivity index (χ1n) is 7.38. The van der Waals surface area contributed by atoms with Crippen LogP contribution in [-0.2, 0) is 6.42 Å². The molecule has 0 aliphatic heterocycles. The number of aliphatic hydroxyl groups is 1. The maximum absolute atomic E-state index is 11.0. The van der Waals surface area contributed by atoms with Crippen molar-refractivity contribution in [1.29, 1.82) is 0 Å². The molecular formula is C17H25BrO2. The Morgan fingerprint density at radius 1 is 1.20 bits per heavy atom. The Kier molecular flexibility index (Phi) is 4.80. The van der Waals surface area contributed by atoms with Crippen LogP contribution in [0.5, 0.6) is 5.75 Å². The van der Waals surface area contributed by atoms with Crippen molar-refractivity contribution in [1.82, 2.24) is 0 Å². The maximum Gasteiger partial charge on any atom is 0.122 e. The second-order valence-electron chi connectivity index (χ2n) is 6.88. The lowest BCUT2D eigenvalue weighted by molar-refractivity contribution is 0.0221. The van der Waals surface area contributed by atoms with E-state index >= 15 is 0 Å². The highest BCUT2D eigenvalue weighted by molar-refractivity contribution is 9.10. The van der Waals surface area contributed by atoms with E-state index in [1.807, 2.05) is 12.1 Å². The van der Waals surface area contributed by atoms with E-state index in [1.165, 1.54) is 6.42 Å². The molecule has 20 heavy (non-hydrogen) atoms. The van der Waals surface area contributed by atoms with Crippen LogP contribution in [-0.4, -0.2) is 17.8 Å². The van der Waals surface area contributed by atoms with E-state index in [2.05, 4.69) is 35.8 Å². The van der Waals surface area contributed by atoms with Crippen molar-refractivity contribution in [2.24, 2.45) is 5.41 Å². The van der Waals surface area contributed by atoms with Crippen molar-refractivity contribution in [3.8, 4) is 5.75 Å². The van der Waals surface area contributed by atoms with Gasteiger partial charge in [0.15, 0.2) is 0 Å². The number of hydrogen-bond acceptors (Lipinski definition) is 2. The summed E-state index contributed by atoms with van der Waals surface area (Å²) in [5, 5.41) is 11.0. The van der Waals surface area contributed by atoms with Gasteiger partial charge in [0.1, 0.15) is 5.75 Å². The van der Waals surface area contributed by atoms with Crippen LogP contribution >= 0.6 is 15.9 Å². The van der Waals surface area contributed by atoms with Crippen LogP contribution in [0.3, 0.4) is 0 Å². The predicted molar refractivity (Wildman–Crippen MR) is 86.2 cm³/mol. The molecule has 0 amide bonds. The van der Waals surface area contributed by atoms with E-state index in [1.54, 1.807) is 7.11 Å². The molecule has 1 unspecified atom stereocenters. The molecule has 1 fully saturated rings. The fraction of sp³-hybridized carbons (Fsp3) is 0.647. The minimum absolute atomic E-state index is 0.353. The first-order chi connectivity index (χ1) is 9.34. The van der Waals surface area contributed by atoms with Crippen molar-refractivity contribution in [2.75, 3.05) is 7.11 Å². The second-order valence-corrected chi connectivity index (χ2v) is 7.79. The van der Waals surface area contributed by atoms with Gasteiger partial charge >= 0.3 is 0 Å². The van der Waals surface area contributed by atoms with E-state index in [9.17, 15) is 5.11 Å². The number of ether oxygens (including phenoxy) is 1. The van der Waals surface area contributed by atoms with Crippen molar-refractivity contribution >= 4 is 15.9 Å². The van der Waals surface area contributed by atoms with Crippen LogP contribution in [0.1, 0.15) is 51.5 Å². The lowest BCUT2D eigenvalue weighted by Crippen LogP contribution is -2.31. The summed E-state index contributed by atoms with van der Waals surface area (Å²) < 4.78 is 6.46. The third-order valence-corrected chi connectivity index (χ3v) is 5.02. The third kappa shape index (κ3) is 3.98. The minimum Gasteiger partial charge on any atom is -0.496 e. The molecule has 1 aliphatic carbocycles. The largest absolute Gasteiger partial charge is 0.496 e. The summed E-state index contributed by atoms with van der Waals surface area (Å²) in [4.78, 5) is 0. The average Bonchev–Trinajstić information content (AvgIpc) is 2.49. The topological polar surface area (TPSA) is 29.5 Å². The lowest BCUT2D eigenvalue weighted by Gasteiger charge is -2.28. The molecule has 1 aromatic carbocycles. The lowest BCUT2D eigenvalue weighted by atomic mass is 9.83. The van der Waals surface area contributed by atoms with Gasteiger partial charge in [-0.2, -0.15) is 0 Å². The van der Waals surface area contributed by atoms with Crippen LogP contribution in [0.25, 0.3) is 0 Å². The molecule has 1 aromatic rings. The van der Waals surface area contributed by atoms with Crippen LogP contribution in [0, 0.1) is 5.41 Å².